The zero-order chi connectivity index (χ0) is 26.4. The van der Waals surface area contributed by atoms with Crippen molar-refractivity contribution in [2.24, 2.45) is 0 Å². The highest BCUT2D eigenvalue weighted by atomic mass is 19.4. The van der Waals surface area contributed by atoms with Crippen LogP contribution in [-0.4, -0.2) is 17.5 Å². The van der Waals surface area contributed by atoms with E-state index in [1.807, 2.05) is 6.92 Å². The van der Waals surface area contributed by atoms with Crippen LogP contribution in [0.5, 0.6) is 5.75 Å². The number of ether oxygens (including phenoxy) is 1. The number of allylic oxidation sites excluding steroid dienone is 2. The number of carbonyl (C=O) groups excluding carboxylic acids is 1. The van der Waals surface area contributed by atoms with Crippen LogP contribution in [0.3, 0.4) is 0 Å². The third-order valence-corrected chi connectivity index (χ3v) is 5.53. The average Bonchev–Trinajstić information content (AvgIpc) is 2.87. The fourth-order valence-corrected chi connectivity index (χ4v) is 3.80. The minimum atomic E-state index is -4.44. The summed E-state index contributed by atoms with van der Waals surface area (Å²) in [6.07, 6.45) is 0.0849. The van der Waals surface area contributed by atoms with Crippen LogP contribution in [0.15, 0.2) is 102 Å². The predicted octanol–water partition coefficient (Wildman–Crippen LogP) is 6.57. The van der Waals surface area contributed by atoms with Crippen molar-refractivity contribution in [3.63, 3.8) is 0 Å². The highest BCUT2D eigenvalue weighted by Gasteiger charge is 2.30. The summed E-state index contributed by atoms with van der Waals surface area (Å²) in [6.45, 7) is 2.38. The minimum Gasteiger partial charge on any atom is -0.494 e. The third kappa shape index (κ3) is 6.35. The second-order valence-electron chi connectivity index (χ2n) is 8.05. The molecule has 0 unspecified atom stereocenters. The van der Waals surface area contributed by atoms with Gasteiger partial charge in [0.25, 0.3) is 0 Å². The molecule has 4 rings (SSSR count). The summed E-state index contributed by atoms with van der Waals surface area (Å²) in [6, 6.07) is 20.2. The van der Waals surface area contributed by atoms with E-state index in [4.69, 9.17) is 4.74 Å². The Hall–Kier alpha value is -4.59. The van der Waals surface area contributed by atoms with Gasteiger partial charge >= 0.3 is 6.18 Å². The van der Waals surface area contributed by atoms with E-state index in [-0.39, 0.29) is 5.56 Å². The van der Waals surface area contributed by atoms with E-state index in [0.717, 1.165) is 17.7 Å². The van der Waals surface area contributed by atoms with E-state index >= 15 is 0 Å². The number of benzene rings is 3. The number of hydrogen-bond acceptors (Lipinski definition) is 3. The quantitative estimate of drug-likeness (QED) is 0.221. The van der Waals surface area contributed by atoms with Gasteiger partial charge in [0.05, 0.1) is 23.4 Å². The van der Waals surface area contributed by atoms with Crippen LogP contribution in [0, 0.1) is 0 Å². The number of H-pyrrole nitrogens is 1. The first-order chi connectivity index (χ1) is 17.7. The molecule has 0 bridgehead atoms. The van der Waals surface area contributed by atoms with Gasteiger partial charge in [-0.2, -0.15) is 13.2 Å². The van der Waals surface area contributed by atoms with E-state index in [2.05, 4.69) is 10.3 Å². The molecule has 0 saturated heterocycles. The molecule has 2 N–H and O–H groups in total. The number of hydrogen-bond donors (Lipinski definition) is 2. The van der Waals surface area contributed by atoms with E-state index in [0.29, 0.717) is 40.1 Å². The SMILES string of the molecule is CCOc1ccc(/C(=C/C=C/C(=O)Nc2cccc3[nH]c(=O)ccc23)c2ccc(C(F)(F)F)cc2)cc1. The molecule has 188 valence electrons. The van der Waals surface area contributed by atoms with Gasteiger partial charge in [0.15, 0.2) is 0 Å². The molecule has 4 aromatic rings. The molecule has 0 atom stereocenters. The van der Waals surface area contributed by atoms with Gasteiger partial charge in [-0.1, -0.05) is 42.5 Å². The van der Waals surface area contributed by atoms with Gasteiger partial charge in [-0.05, 0) is 66.1 Å². The summed E-state index contributed by atoms with van der Waals surface area (Å²) in [5, 5.41) is 3.46. The molecule has 3 aromatic carbocycles. The van der Waals surface area contributed by atoms with E-state index in [1.54, 1.807) is 54.6 Å². The molecule has 0 aliphatic heterocycles. The van der Waals surface area contributed by atoms with Gasteiger partial charge in [0.2, 0.25) is 11.5 Å². The number of rotatable bonds is 7. The predicted molar refractivity (Wildman–Crippen MR) is 138 cm³/mol. The van der Waals surface area contributed by atoms with Crippen molar-refractivity contribution >= 4 is 28.1 Å². The first-order valence-electron chi connectivity index (χ1n) is 11.5. The Bertz CT molecular complexity index is 1520. The number of aromatic nitrogens is 1. The maximum atomic E-state index is 13.0. The molecule has 8 heteroatoms. The zero-order valence-electron chi connectivity index (χ0n) is 19.8. The number of alkyl halides is 3. The van der Waals surface area contributed by atoms with Crippen molar-refractivity contribution in [3.05, 3.63) is 124 Å². The van der Waals surface area contributed by atoms with Crippen molar-refractivity contribution in [2.45, 2.75) is 13.1 Å². The lowest BCUT2D eigenvalue weighted by Crippen LogP contribution is -2.09. The lowest BCUT2D eigenvalue weighted by Gasteiger charge is -2.12. The van der Waals surface area contributed by atoms with E-state index in [1.165, 1.54) is 30.4 Å². The van der Waals surface area contributed by atoms with Crippen molar-refractivity contribution < 1.29 is 22.7 Å². The molecule has 1 amide bonds. The smallest absolute Gasteiger partial charge is 0.416 e. The second-order valence-corrected chi connectivity index (χ2v) is 8.05. The first-order valence-corrected chi connectivity index (χ1v) is 11.5. The molecule has 1 heterocycles. The Morgan fingerprint density at radius 1 is 0.946 bits per heavy atom. The number of pyridine rings is 1. The number of carbonyl (C=O) groups is 1. The highest BCUT2D eigenvalue weighted by Crippen LogP contribution is 2.32. The van der Waals surface area contributed by atoms with Gasteiger partial charge in [-0.3, -0.25) is 9.59 Å². The number of halogens is 3. The van der Waals surface area contributed by atoms with Crippen LogP contribution in [0.1, 0.15) is 23.6 Å². The van der Waals surface area contributed by atoms with Gasteiger partial charge in [0.1, 0.15) is 5.75 Å². The molecule has 1 aromatic heterocycles. The van der Waals surface area contributed by atoms with Gasteiger partial charge in [-0.25, -0.2) is 0 Å². The summed E-state index contributed by atoms with van der Waals surface area (Å²) in [5.74, 6) is 0.262. The molecule has 0 saturated carbocycles. The second kappa shape index (κ2) is 11.0. The van der Waals surface area contributed by atoms with Gasteiger partial charge < -0.3 is 15.0 Å². The number of amides is 1. The Balaban J connectivity index is 1.61. The summed E-state index contributed by atoms with van der Waals surface area (Å²) in [7, 11) is 0. The molecular formula is C29H23F3N2O3. The Morgan fingerprint density at radius 2 is 1.62 bits per heavy atom. The van der Waals surface area contributed by atoms with Crippen molar-refractivity contribution in [1.29, 1.82) is 0 Å². The molecule has 0 fully saturated rings. The number of fused-ring (bicyclic) bond motifs is 1. The number of aromatic amines is 1. The standard InChI is InChI=1S/C29H23F3N2O3/c1-2-37-22-15-11-20(12-16-22)23(19-9-13-21(14-10-19)29(30,31)32)5-3-8-27(35)33-25-6-4-7-26-24(25)17-18-28(36)34-26/h3-18H,2H2,1H3,(H,33,35)(H,34,36)/b8-3+,23-5+. The lowest BCUT2D eigenvalue weighted by atomic mass is 9.96. The third-order valence-electron chi connectivity index (χ3n) is 5.53. The normalized spacial score (nSPS) is 12.2. The number of nitrogens with one attached hydrogen (secondary N) is 2. The minimum absolute atomic E-state index is 0.244. The number of anilines is 1. The molecule has 0 aliphatic rings. The zero-order valence-corrected chi connectivity index (χ0v) is 19.8. The average molecular weight is 505 g/mol. The Kier molecular flexibility index (Phi) is 7.57. The molecule has 37 heavy (non-hydrogen) atoms. The maximum Gasteiger partial charge on any atom is 0.416 e. The van der Waals surface area contributed by atoms with Gasteiger partial charge in [-0.15, -0.1) is 0 Å². The first kappa shape index (κ1) is 25.5. The molecule has 0 radical (unpaired) electrons. The monoisotopic (exact) mass is 504 g/mol. The van der Waals surface area contributed by atoms with Crippen molar-refractivity contribution in [1.82, 2.24) is 4.98 Å². The van der Waals surface area contributed by atoms with Crippen LogP contribution >= 0.6 is 0 Å². The molecular weight excluding hydrogens is 481 g/mol. The van der Waals surface area contributed by atoms with Crippen LogP contribution < -0.4 is 15.6 Å². The van der Waals surface area contributed by atoms with Crippen LogP contribution in [0.4, 0.5) is 18.9 Å². The van der Waals surface area contributed by atoms with Crippen LogP contribution in [0.2, 0.25) is 0 Å². The molecule has 5 nitrogen and oxygen atoms in total. The fraction of sp³-hybridized carbons (Fsp3) is 0.103. The summed E-state index contributed by atoms with van der Waals surface area (Å²) >= 11 is 0. The summed E-state index contributed by atoms with van der Waals surface area (Å²) in [5.41, 5.74) is 2.06. The lowest BCUT2D eigenvalue weighted by molar-refractivity contribution is -0.137. The van der Waals surface area contributed by atoms with E-state index in [9.17, 15) is 22.8 Å². The maximum absolute atomic E-state index is 13.0. The summed E-state index contributed by atoms with van der Waals surface area (Å²) in [4.78, 5) is 26.9. The van der Waals surface area contributed by atoms with E-state index < -0.39 is 17.6 Å². The highest BCUT2D eigenvalue weighted by molar-refractivity contribution is 6.05. The van der Waals surface area contributed by atoms with Gasteiger partial charge in [0, 0.05) is 17.5 Å². The fourth-order valence-electron chi connectivity index (χ4n) is 3.80. The van der Waals surface area contributed by atoms with Crippen LogP contribution in [-0.2, 0) is 11.0 Å². The van der Waals surface area contributed by atoms with Crippen molar-refractivity contribution in [3.8, 4) is 5.75 Å². The Labute approximate surface area is 210 Å². The largest absolute Gasteiger partial charge is 0.494 e. The summed E-state index contributed by atoms with van der Waals surface area (Å²) < 4.78 is 44.6. The van der Waals surface area contributed by atoms with Crippen LogP contribution in [0.25, 0.3) is 16.5 Å². The molecule has 0 aliphatic carbocycles. The molecule has 0 spiro atoms. The Morgan fingerprint density at radius 3 is 2.27 bits per heavy atom. The topological polar surface area (TPSA) is 71.2 Å². The van der Waals surface area contributed by atoms with Crippen molar-refractivity contribution in [2.75, 3.05) is 11.9 Å².